The second-order valence-corrected chi connectivity index (χ2v) is 4.26. The number of nitrogens with zero attached hydrogens (tertiary/aromatic N) is 2. The van der Waals surface area contributed by atoms with Gasteiger partial charge in [-0.15, -0.1) is 11.8 Å². The van der Waals surface area contributed by atoms with E-state index in [1.54, 1.807) is 24.3 Å². The number of anilines is 1. The van der Waals surface area contributed by atoms with Crippen LogP contribution in [0.4, 0.5) is 5.69 Å². The molecule has 1 heterocycles. The van der Waals surface area contributed by atoms with Crippen LogP contribution < -0.4 is 4.90 Å². The summed E-state index contributed by atoms with van der Waals surface area (Å²) in [7, 11) is 0. The van der Waals surface area contributed by atoms with Crippen molar-refractivity contribution in [3.8, 4) is 6.07 Å². The minimum Gasteiger partial charge on any atom is -0.273 e. The second kappa shape index (κ2) is 4.37. The van der Waals surface area contributed by atoms with Crippen LogP contribution in [0.2, 0.25) is 0 Å². The van der Waals surface area contributed by atoms with E-state index in [0.717, 1.165) is 0 Å². The fourth-order valence-corrected chi connectivity index (χ4v) is 2.18. The van der Waals surface area contributed by atoms with E-state index in [2.05, 4.69) is 0 Å². The summed E-state index contributed by atoms with van der Waals surface area (Å²) < 4.78 is 0. The Morgan fingerprint density at radius 1 is 1.12 bits per heavy atom. The van der Waals surface area contributed by atoms with Crippen molar-refractivity contribution >= 4 is 29.3 Å². The lowest BCUT2D eigenvalue weighted by atomic mass is 10.2. The monoisotopic (exact) mass is 232 g/mol. The van der Waals surface area contributed by atoms with Gasteiger partial charge in [0, 0.05) is 0 Å². The van der Waals surface area contributed by atoms with Crippen LogP contribution in [0.15, 0.2) is 24.3 Å². The molecule has 0 radical (unpaired) electrons. The molecule has 0 atom stereocenters. The number of rotatable bonds is 1. The van der Waals surface area contributed by atoms with Gasteiger partial charge in [0.15, 0.2) is 0 Å². The topological polar surface area (TPSA) is 61.2 Å². The van der Waals surface area contributed by atoms with Crippen LogP contribution in [0.5, 0.6) is 0 Å². The molecule has 1 fully saturated rings. The van der Waals surface area contributed by atoms with E-state index in [0.29, 0.717) is 22.8 Å². The maximum absolute atomic E-state index is 11.6. The third-order valence-electron chi connectivity index (χ3n) is 2.20. The van der Waals surface area contributed by atoms with Gasteiger partial charge in [-0.2, -0.15) is 5.26 Å². The van der Waals surface area contributed by atoms with Gasteiger partial charge in [-0.3, -0.25) is 9.59 Å². The molecule has 0 aromatic heterocycles. The molecule has 0 N–H and O–H groups in total. The number of carbonyl (C=O) groups excluding carboxylic acids is 2. The Kier molecular flexibility index (Phi) is 2.93. The Balaban J connectivity index is 2.31. The van der Waals surface area contributed by atoms with Crippen LogP contribution in [-0.4, -0.2) is 23.3 Å². The van der Waals surface area contributed by atoms with E-state index in [9.17, 15) is 9.59 Å². The quantitative estimate of drug-likeness (QED) is 0.682. The molecular weight excluding hydrogens is 224 g/mol. The summed E-state index contributed by atoms with van der Waals surface area (Å²) in [5.41, 5.74) is 1.05. The molecule has 0 bridgehead atoms. The van der Waals surface area contributed by atoms with Gasteiger partial charge >= 0.3 is 0 Å². The predicted molar refractivity (Wildman–Crippen MR) is 61.0 cm³/mol. The summed E-state index contributed by atoms with van der Waals surface area (Å²) in [6, 6.07) is 8.41. The van der Waals surface area contributed by atoms with Crippen LogP contribution in [0.3, 0.4) is 0 Å². The van der Waals surface area contributed by atoms with E-state index in [4.69, 9.17) is 5.26 Å². The Labute approximate surface area is 96.8 Å². The lowest BCUT2D eigenvalue weighted by Crippen LogP contribution is -2.43. The Hall–Kier alpha value is -1.80. The van der Waals surface area contributed by atoms with Gasteiger partial charge in [-0.05, 0) is 24.3 Å². The number of benzene rings is 1. The van der Waals surface area contributed by atoms with Crippen LogP contribution in [0.25, 0.3) is 0 Å². The van der Waals surface area contributed by atoms with Crippen molar-refractivity contribution in [1.82, 2.24) is 0 Å². The number of hydrogen-bond acceptors (Lipinski definition) is 4. The molecule has 1 aliphatic heterocycles. The van der Waals surface area contributed by atoms with Gasteiger partial charge in [0.2, 0.25) is 11.8 Å². The zero-order valence-corrected chi connectivity index (χ0v) is 9.16. The van der Waals surface area contributed by atoms with E-state index < -0.39 is 0 Å². The maximum Gasteiger partial charge on any atom is 0.243 e. The first-order chi connectivity index (χ1) is 7.72. The van der Waals surface area contributed by atoms with Crippen LogP contribution in [0, 0.1) is 11.3 Å². The van der Waals surface area contributed by atoms with Crippen molar-refractivity contribution < 1.29 is 9.59 Å². The molecule has 0 saturated carbocycles. The molecule has 16 heavy (non-hydrogen) atoms. The van der Waals surface area contributed by atoms with Gasteiger partial charge in [0.25, 0.3) is 0 Å². The molecule has 0 spiro atoms. The standard InChI is InChI=1S/C11H8N2O2S/c12-5-8-1-3-9(4-2-8)13-10(14)6-16-7-11(13)15/h1-4H,6-7H2. The largest absolute Gasteiger partial charge is 0.273 e. The Morgan fingerprint density at radius 2 is 1.69 bits per heavy atom. The van der Waals surface area contributed by atoms with Gasteiger partial charge in [-0.1, -0.05) is 0 Å². The molecule has 80 valence electrons. The average molecular weight is 232 g/mol. The first-order valence-electron chi connectivity index (χ1n) is 4.66. The predicted octanol–water partition coefficient (Wildman–Crippen LogP) is 1.16. The highest BCUT2D eigenvalue weighted by molar-refractivity contribution is 8.00. The second-order valence-electron chi connectivity index (χ2n) is 3.27. The lowest BCUT2D eigenvalue weighted by Gasteiger charge is -2.24. The summed E-state index contributed by atoms with van der Waals surface area (Å²) in [6.07, 6.45) is 0. The number of hydrogen-bond donors (Lipinski definition) is 0. The normalized spacial score (nSPS) is 16.1. The number of carbonyl (C=O) groups is 2. The minimum atomic E-state index is -0.203. The molecule has 1 saturated heterocycles. The summed E-state index contributed by atoms with van der Waals surface area (Å²) in [4.78, 5) is 24.3. The molecule has 4 nitrogen and oxygen atoms in total. The van der Waals surface area contributed by atoms with Gasteiger partial charge < -0.3 is 0 Å². The molecule has 1 aliphatic rings. The fraction of sp³-hybridized carbons (Fsp3) is 0.182. The van der Waals surface area contributed by atoms with Crippen molar-refractivity contribution in [3.05, 3.63) is 29.8 Å². The summed E-state index contributed by atoms with van der Waals surface area (Å²) in [5.74, 6) is 0.245. The number of amides is 2. The van der Waals surface area contributed by atoms with Gasteiger partial charge in [0.1, 0.15) is 0 Å². The first kappa shape index (κ1) is 10.7. The first-order valence-corrected chi connectivity index (χ1v) is 5.81. The zero-order chi connectivity index (χ0) is 11.5. The summed E-state index contributed by atoms with van der Waals surface area (Å²) >= 11 is 1.32. The summed E-state index contributed by atoms with van der Waals surface area (Å²) in [6.45, 7) is 0. The molecule has 1 aromatic rings. The third-order valence-corrected chi connectivity index (χ3v) is 3.11. The Bertz CT molecular complexity index is 460. The van der Waals surface area contributed by atoms with Crippen molar-refractivity contribution in [2.24, 2.45) is 0 Å². The van der Waals surface area contributed by atoms with Gasteiger partial charge in [-0.25, -0.2) is 4.90 Å². The van der Waals surface area contributed by atoms with Crippen molar-refractivity contribution in [1.29, 1.82) is 5.26 Å². The van der Waals surface area contributed by atoms with E-state index in [-0.39, 0.29) is 11.8 Å². The van der Waals surface area contributed by atoms with Crippen LogP contribution in [-0.2, 0) is 9.59 Å². The highest BCUT2D eigenvalue weighted by Gasteiger charge is 2.27. The van der Waals surface area contributed by atoms with Gasteiger partial charge in [0.05, 0.1) is 28.8 Å². The number of nitriles is 1. The minimum absolute atomic E-state index is 0.203. The molecule has 0 aliphatic carbocycles. The number of imide groups is 1. The third kappa shape index (κ3) is 1.92. The molecule has 2 amide bonds. The SMILES string of the molecule is N#Cc1ccc(N2C(=O)CSCC2=O)cc1. The van der Waals surface area contributed by atoms with E-state index >= 15 is 0 Å². The fourth-order valence-electron chi connectivity index (χ4n) is 1.47. The van der Waals surface area contributed by atoms with E-state index in [1.807, 2.05) is 6.07 Å². The van der Waals surface area contributed by atoms with E-state index in [1.165, 1.54) is 16.7 Å². The zero-order valence-electron chi connectivity index (χ0n) is 8.34. The van der Waals surface area contributed by atoms with Crippen molar-refractivity contribution in [2.75, 3.05) is 16.4 Å². The van der Waals surface area contributed by atoms with Crippen LogP contribution in [0.1, 0.15) is 5.56 Å². The van der Waals surface area contributed by atoms with Crippen molar-refractivity contribution in [3.63, 3.8) is 0 Å². The molecule has 5 heteroatoms. The molecule has 1 aromatic carbocycles. The molecule has 0 unspecified atom stereocenters. The smallest absolute Gasteiger partial charge is 0.243 e. The molecular formula is C11H8N2O2S. The lowest BCUT2D eigenvalue weighted by molar-refractivity contribution is -0.124. The summed E-state index contributed by atoms with van der Waals surface area (Å²) in [5, 5.41) is 8.64. The van der Waals surface area contributed by atoms with Crippen LogP contribution >= 0.6 is 11.8 Å². The van der Waals surface area contributed by atoms with Crippen molar-refractivity contribution in [2.45, 2.75) is 0 Å². The Morgan fingerprint density at radius 3 is 2.19 bits per heavy atom. The maximum atomic E-state index is 11.6. The highest BCUT2D eigenvalue weighted by Crippen LogP contribution is 2.21. The molecule has 2 rings (SSSR count). The average Bonchev–Trinajstić information content (AvgIpc) is 2.30. The highest BCUT2D eigenvalue weighted by atomic mass is 32.2. The number of thioether (sulfide) groups is 1.